The van der Waals surface area contributed by atoms with Crippen LogP contribution in [0.15, 0.2) is 36.9 Å². The number of nitro groups is 1. The maximum absolute atomic E-state index is 12.2. The van der Waals surface area contributed by atoms with Crippen LogP contribution >= 0.6 is 24.8 Å². The van der Waals surface area contributed by atoms with Crippen molar-refractivity contribution in [3.63, 3.8) is 0 Å². The fourth-order valence-electron chi connectivity index (χ4n) is 2.43. The van der Waals surface area contributed by atoms with E-state index >= 15 is 0 Å². The Bertz CT molecular complexity index is 735. The smallest absolute Gasteiger partial charge is 0.294 e. The zero-order chi connectivity index (χ0) is 16.4. The van der Waals surface area contributed by atoms with Crippen molar-refractivity contribution in [3.8, 4) is 5.69 Å². The van der Waals surface area contributed by atoms with Gasteiger partial charge in [-0.15, -0.1) is 24.8 Å². The van der Waals surface area contributed by atoms with E-state index in [4.69, 9.17) is 5.73 Å². The minimum Gasteiger partial charge on any atom is -0.350 e. The molecule has 136 valence electrons. The molecular formula is C15H19Cl2N5O3. The van der Waals surface area contributed by atoms with Crippen LogP contribution in [0.1, 0.15) is 23.2 Å². The van der Waals surface area contributed by atoms with Crippen molar-refractivity contribution in [1.29, 1.82) is 0 Å². The molecule has 1 saturated carbocycles. The number of aromatic nitrogens is 2. The fraction of sp³-hybridized carbons (Fsp3) is 0.333. The average molecular weight is 388 g/mol. The van der Waals surface area contributed by atoms with Gasteiger partial charge in [0.25, 0.3) is 11.6 Å². The number of amides is 1. The zero-order valence-corrected chi connectivity index (χ0v) is 14.8. The number of nitrogens with one attached hydrogen (secondary N) is 1. The van der Waals surface area contributed by atoms with Gasteiger partial charge < -0.3 is 15.6 Å². The molecule has 1 heterocycles. The number of nitro benzene ring substituents is 1. The summed E-state index contributed by atoms with van der Waals surface area (Å²) in [7, 11) is 0. The lowest BCUT2D eigenvalue weighted by Gasteiger charge is -2.12. The van der Waals surface area contributed by atoms with Gasteiger partial charge in [-0.25, -0.2) is 4.98 Å². The summed E-state index contributed by atoms with van der Waals surface area (Å²) in [6.45, 7) is 0.376. The average Bonchev–Trinajstić information content (AvgIpc) is 3.26. The molecule has 1 fully saturated rings. The maximum Gasteiger partial charge on any atom is 0.294 e. The first-order valence-corrected chi connectivity index (χ1v) is 7.37. The number of carbonyl (C=O) groups is 1. The molecule has 0 aliphatic heterocycles. The summed E-state index contributed by atoms with van der Waals surface area (Å²) in [5.41, 5.74) is 6.39. The highest BCUT2D eigenvalue weighted by atomic mass is 35.5. The molecule has 1 amide bonds. The van der Waals surface area contributed by atoms with Crippen molar-refractivity contribution in [3.05, 3.63) is 52.6 Å². The van der Waals surface area contributed by atoms with Crippen LogP contribution in [0.2, 0.25) is 0 Å². The topological polar surface area (TPSA) is 116 Å². The van der Waals surface area contributed by atoms with Crippen molar-refractivity contribution < 1.29 is 9.72 Å². The monoisotopic (exact) mass is 387 g/mol. The molecule has 1 aromatic carbocycles. The summed E-state index contributed by atoms with van der Waals surface area (Å²) in [6, 6.07) is 4.31. The van der Waals surface area contributed by atoms with Gasteiger partial charge in [0.15, 0.2) is 0 Å². The third-order valence-corrected chi connectivity index (χ3v) is 3.94. The number of rotatable bonds is 6. The highest BCUT2D eigenvalue weighted by Gasteiger charge is 2.28. The van der Waals surface area contributed by atoms with E-state index in [2.05, 4.69) is 10.3 Å². The molecule has 3 rings (SSSR count). The van der Waals surface area contributed by atoms with Crippen molar-refractivity contribution >= 4 is 36.4 Å². The summed E-state index contributed by atoms with van der Waals surface area (Å²) in [4.78, 5) is 26.8. The Hall–Kier alpha value is -2.16. The van der Waals surface area contributed by atoms with Gasteiger partial charge in [0.1, 0.15) is 5.69 Å². The van der Waals surface area contributed by atoms with E-state index in [1.165, 1.54) is 29.2 Å². The first-order chi connectivity index (χ1) is 11.1. The molecule has 1 aliphatic rings. The van der Waals surface area contributed by atoms with Crippen LogP contribution in [0, 0.1) is 16.0 Å². The Morgan fingerprint density at radius 2 is 2.16 bits per heavy atom. The molecule has 25 heavy (non-hydrogen) atoms. The Labute approximate surface area is 156 Å². The van der Waals surface area contributed by atoms with Crippen LogP contribution in [0.5, 0.6) is 0 Å². The van der Waals surface area contributed by atoms with E-state index < -0.39 is 4.92 Å². The van der Waals surface area contributed by atoms with Gasteiger partial charge in [0.05, 0.1) is 11.3 Å². The molecular weight excluding hydrogens is 369 g/mol. The predicted octanol–water partition coefficient (Wildman–Crippen LogP) is 2.09. The Kier molecular flexibility index (Phi) is 7.35. The van der Waals surface area contributed by atoms with Crippen molar-refractivity contribution in [2.75, 3.05) is 6.54 Å². The second-order valence-electron chi connectivity index (χ2n) is 5.64. The van der Waals surface area contributed by atoms with Crippen molar-refractivity contribution in [2.24, 2.45) is 11.7 Å². The molecule has 0 radical (unpaired) electrons. The fourth-order valence-corrected chi connectivity index (χ4v) is 2.43. The van der Waals surface area contributed by atoms with E-state index in [0.29, 0.717) is 18.2 Å². The molecule has 1 unspecified atom stereocenters. The summed E-state index contributed by atoms with van der Waals surface area (Å²) in [5, 5.41) is 14.0. The van der Waals surface area contributed by atoms with Gasteiger partial charge in [-0.1, -0.05) is 0 Å². The standard InChI is InChI=1S/C15H17N5O3.2ClH/c16-12(10-1-2-10)8-18-15(21)11-3-4-13(14(7-11)20(22)23)19-6-5-17-9-19;;/h3-7,9-10,12H,1-2,8,16H2,(H,18,21);2*1H. The largest absolute Gasteiger partial charge is 0.350 e. The van der Waals surface area contributed by atoms with Crippen LogP contribution in [-0.4, -0.2) is 33.0 Å². The van der Waals surface area contributed by atoms with Gasteiger partial charge in [-0.2, -0.15) is 0 Å². The lowest BCUT2D eigenvalue weighted by Crippen LogP contribution is -2.38. The van der Waals surface area contributed by atoms with Crippen LogP contribution in [0.25, 0.3) is 5.69 Å². The minimum atomic E-state index is -0.512. The summed E-state index contributed by atoms with van der Waals surface area (Å²) < 4.78 is 1.53. The quantitative estimate of drug-likeness (QED) is 0.581. The van der Waals surface area contributed by atoms with Gasteiger partial charge >= 0.3 is 0 Å². The van der Waals surface area contributed by atoms with Gasteiger partial charge in [-0.05, 0) is 30.9 Å². The highest BCUT2D eigenvalue weighted by Crippen LogP contribution is 2.31. The molecule has 8 nitrogen and oxygen atoms in total. The number of carbonyl (C=O) groups excluding carboxylic acids is 1. The Morgan fingerprint density at radius 3 is 2.72 bits per heavy atom. The van der Waals surface area contributed by atoms with Gasteiger partial charge in [0, 0.05) is 36.6 Å². The van der Waals surface area contributed by atoms with Crippen molar-refractivity contribution in [2.45, 2.75) is 18.9 Å². The van der Waals surface area contributed by atoms with E-state index in [9.17, 15) is 14.9 Å². The van der Waals surface area contributed by atoms with E-state index in [1.807, 2.05) is 0 Å². The van der Waals surface area contributed by atoms with Crippen LogP contribution in [0.3, 0.4) is 0 Å². The zero-order valence-electron chi connectivity index (χ0n) is 13.2. The molecule has 2 aromatic rings. The second-order valence-corrected chi connectivity index (χ2v) is 5.64. The lowest BCUT2D eigenvalue weighted by molar-refractivity contribution is -0.384. The van der Waals surface area contributed by atoms with E-state index in [-0.39, 0.29) is 48.0 Å². The SMILES string of the molecule is Cl.Cl.NC(CNC(=O)c1ccc(-n2ccnc2)c([N+](=O)[O-])c1)C1CC1. The normalized spacial score (nSPS) is 14.0. The number of nitrogens with zero attached hydrogens (tertiary/aromatic N) is 3. The molecule has 1 aromatic heterocycles. The van der Waals surface area contributed by atoms with Gasteiger partial charge in [0.2, 0.25) is 0 Å². The summed E-state index contributed by atoms with van der Waals surface area (Å²) >= 11 is 0. The lowest BCUT2D eigenvalue weighted by atomic mass is 10.1. The highest BCUT2D eigenvalue weighted by molar-refractivity contribution is 5.95. The first kappa shape index (κ1) is 20.9. The number of hydrogen-bond acceptors (Lipinski definition) is 5. The molecule has 10 heteroatoms. The molecule has 0 saturated heterocycles. The number of imidazole rings is 1. The van der Waals surface area contributed by atoms with E-state index in [0.717, 1.165) is 12.8 Å². The number of nitrogens with two attached hydrogens (primary N) is 1. The predicted molar refractivity (Wildman–Crippen MR) is 97.7 cm³/mol. The molecule has 1 atom stereocenters. The Morgan fingerprint density at radius 1 is 1.44 bits per heavy atom. The third-order valence-electron chi connectivity index (χ3n) is 3.94. The minimum absolute atomic E-state index is 0. The maximum atomic E-state index is 12.2. The Balaban J connectivity index is 0.00000156. The third kappa shape index (κ3) is 4.91. The van der Waals surface area contributed by atoms with Gasteiger partial charge in [-0.3, -0.25) is 14.9 Å². The molecule has 0 spiro atoms. The summed E-state index contributed by atoms with van der Waals surface area (Å²) in [6.07, 6.45) is 6.81. The van der Waals surface area contributed by atoms with Crippen LogP contribution < -0.4 is 11.1 Å². The second kappa shape index (κ2) is 8.80. The number of halogens is 2. The van der Waals surface area contributed by atoms with Crippen molar-refractivity contribution in [1.82, 2.24) is 14.9 Å². The van der Waals surface area contributed by atoms with Crippen LogP contribution in [0.4, 0.5) is 5.69 Å². The molecule has 1 aliphatic carbocycles. The first-order valence-electron chi connectivity index (χ1n) is 7.37. The molecule has 3 N–H and O–H groups in total. The summed E-state index contributed by atoms with van der Waals surface area (Å²) in [5.74, 6) is 0.120. The van der Waals surface area contributed by atoms with Crippen LogP contribution in [-0.2, 0) is 0 Å². The number of hydrogen-bond donors (Lipinski definition) is 2. The number of benzene rings is 1. The van der Waals surface area contributed by atoms with E-state index in [1.54, 1.807) is 12.3 Å². The molecule has 0 bridgehead atoms.